The minimum absolute atomic E-state index is 0.0599. The van der Waals surface area contributed by atoms with E-state index in [0.29, 0.717) is 17.4 Å². The number of fused-ring (bicyclic) bond motifs is 2. The predicted octanol–water partition coefficient (Wildman–Crippen LogP) is 2.18. The zero-order valence-electron chi connectivity index (χ0n) is 12.7. The van der Waals surface area contributed by atoms with Crippen LogP contribution in [0.15, 0.2) is 63.8 Å². The number of hydrogen-bond donors (Lipinski definition) is 2. The van der Waals surface area contributed by atoms with E-state index in [4.69, 9.17) is 4.42 Å². The third-order valence-corrected chi connectivity index (χ3v) is 4.35. The zero-order valence-corrected chi connectivity index (χ0v) is 12.7. The number of nitrogens with one attached hydrogen (secondary N) is 1. The summed E-state index contributed by atoms with van der Waals surface area (Å²) in [6.07, 6.45) is -0.207. The second kappa shape index (κ2) is 5.62. The monoisotopic (exact) mass is 321 g/mol. The molecule has 0 saturated heterocycles. The van der Waals surface area contributed by atoms with Crippen LogP contribution in [0.4, 0.5) is 0 Å². The van der Waals surface area contributed by atoms with E-state index < -0.39 is 18.1 Å². The molecule has 5 nitrogen and oxygen atoms in total. The quantitative estimate of drug-likeness (QED) is 0.758. The molecule has 0 spiro atoms. The summed E-state index contributed by atoms with van der Waals surface area (Å²) in [5, 5.41) is 13.4. The van der Waals surface area contributed by atoms with Crippen LogP contribution >= 0.6 is 0 Å². The fourth-order valence-corrected chi connectivity index (χ4v) is 3.18. The van der Waals surface area contributed by atoms with Crippen molar-refractivity contribution < 1.29 is 14.3 Å². The van der Waals surface area contributed by atoms with Crippen LogP contribution in [0.5, 0.6) is 0 Å². The van der Waals surface area contributed by atoms with Crippen molar-refractivity contribution in [3.8, 4) is 0 Å². The summed E-state index contributed by atoms with van der Waals surface area (Å²) in [6.45, 7) is 0. The van der Waals surface area contributed by atoms with Gasteiger partial charge in [0.2, 0.25) is 0 Å². The molecule has 0 fully saturated rings. The molecule has 5 heteroatoms. The highest BCUT2D eigenvalue weighted by Gasteiger charge is 2.32. The molecule has 3 aromatic rings. The number of benzene rings is 2. The smallest absolute Gasteiger partial charge is 0.287 e. The Morgan fingerprint density at radius 2 is 1.88 bits per heavy atom. The van der Waals surface area contributed by atoms with Gasteiger partial charge in [-0.1, -0.05) is 36.4 Å². The Hall–Kier alpha value is -2.92. The third-order valence-electron chi connectivity index (χ3n) is 4.35. The first-order valence-electron chi connectivity index (χ1n) is 7.73. The Balaban J connectivity index is 1.67. The number of carbonyl (C=O) groups excluding carboxylic acids is 1. The van der Waals surface area contributed by atoms with Crippen LogP contribution < -0.4 is 10.7 Å². The Morgan fingerprint density at radius 1 is 1.12 bits per heavy atom. The van der Waals surface area contributed by atoms with Crippen molar-refractivity contribution in [3.63, 3.8) is 0 Å². The van der Waals surface area contributed by atoms with Crippen LogP contribution in [0.25, 0.3) is 11.0 Å². The Kier molecular flexibility index (Phi) is 3.43. The summed E-state index contributed by atoms with van der Waals surface area (Å²) in [5.41, 5.74) is 1.99. The summed E-state index contributed by atoms with van der Waals surface area (Å²) >= 11 is 0. The SMILES string of the molecule is O=C(NC1c2ccccc2CC1O)c1cc(=O)c2ccccc2o1. The van der Waals surface area contributed by atoms with Crippen molar-refractivity contribution in [2.24, 2.45) is 0 Å². The van der Waals surface area contributed by atoms with Crippen LogP contribution in [0.3, 0.4) is 0 Å². The van der Waals surface area contributed by atoms with Gasteiger partial charge in [0.15, 0.2) is 11.2 Å². The second-order valence-electron chi connectivity index (χ2n) is 5.89. The van der Waals surface area contributed by atoms with Gasteiger partial charge in [-0.25, -0.2) is 0 Å². The van der Waals surface area contributed by atoms with Gasteiger partial charge < -0.3 is 14.8 Å². The van der Waals surface area contributed by atoms with Crippen LogP contribution in [0, 0.1) is 0 Å². The van der Waals surface area contributed by atoms with E-state index in [1.165, 1.54) is 6.07 Å². The molecule has 1 heterocycles. The molecule has 120 valence electrons. The molecular formula is C19H15NO4. The maximum absolute atomic E-state index is 12.5. The molecule has 24 heavy (non-hydrogen) atoms. The molecule has 1 aliphatic rings. The first-order chi connectivity index (χ1) is 11.6. The van der Waals surface area contributed by atoms with Gasteiger partial charge in [-0.15, -0.1) is 0 Å². The Labute approximate surface area is 137 Å². The topological polar surface area (TPSA) is 79.5 Å². The zero-order chi connectivity index (χ0) is 16.7. The van der Waals surface area contributed by atoms with E-state index in [1.807, 2.05) is 24.3 Å². The summed E-state index contributed by atoms with van der Waals surface area (Å²) < 4.78 is 5.54. The average Bonchev–Trinajstić information content (AvgIpc) is 2.90. The molecule has 1 aromatic heterocycles. The highest BCUT2D eigenvalue weighted by atomic mass is 16.3. The number of carbonyl (C=O) groups is 1. The Bertz CT molecular complexity index is 992. The third kappa shape index (κ3) is 2.39. The molecule has 1 aliphatic carbocycles. The first-order valence-corrected chi connectivity index (χ1v) is 7.73. The predicted molar refractivity (Wildman–Crippen MR) is 88.8 cm³/mol. The van der Waals surface area contributed by atoms with Crippen molar-refractivity contribution in [2.75, 3.05) is 0 Å². The van der Waals surface area contributed by atoms with E-state index in [-0.39, 0.29) is 11.2 Å². The summed E-state index contributed by atoms with van der Waals surface area (Å²) in [6, 6.07) is 15.0. The molecule has 4 rings (SSSR count). The highest BCUT2D eigenvalue weighted by molar-refractivity contribution is 5.93. The first kappa shape index (κ1) is 14.7. The molecule has 0 saturated carbocycles. The summed E-state index contributed by atoms with van der Waals surface area (Å²) in [4.78, 5) is 24.6. The van der Waals surface area contributed by atoms with E-state index in [9.17, 15) is 14.7 Å². The van der Waals surface area contributed by atoms with Crippen molar-refractivity contribution in [1.29, 1.82) is 0 Å². The fourth-order valence-electron chi connectivity index (χ4n) is 3.18. The van der Waals surface area contributed by atoms with Gasteiger partial charge in [0, 0.05) is 12.5 Å². The number of amides is 1. The highest BCUT2D eigenvalue weighted by Crippen LogP contribution is 2.31. The molecule has 2 N–H and O–H groups in total. The fraction of sp³-hybridized carbons (Fsp3) is 0.158. The molecule has 2 atom stereocenters. The van der Waals surface area contributed by atoms with Gasteiger partial charge >= 0.3 is 0 Å². The molecule has 0 bridgehead atoms. The van der Waals surface area contributed by atoms with Crippen LogP contribution in [-0.4, -0.2) is 17.1 Å². The summed E-state index contributed by atoms with van der Waals surface area (Å²) in [5.74, 6) is -0.575. The van der Waals surface area contributed by atoms with E-state index in [0.717, 1.165) is 11.1 Å². The lowest BCUT2D eigenvalue weighted by molar-refractivity contribution is 0.0832. The van der Waals surface area contributed by atoms with Gasteiger partial charge in [0.05, 0.1) is 17.5 Å². The largest absolute Gasteiger partial charge is 0.451 e. The van der Waals surface area contributed by atoms with E-state index in [1.54, 1.807) is 24.3 Å². The number of para-hydroxylation sites is 1. The lowest BCUT2D eigenvalue weighted by atomic mass is 10.1. The minimum Gasteiger partial charge on any atom is -0.451 e. The van der Waals surface area contributed by atoms with Crippen molar-refractivity contribution >= 4 is 16.9 Å². The standard InChI is InChI=1S/C19H15NO4/c21-14-10-17(24-16-8-4-3-7-13(14)16)19(23)20-18-12-6-2-1-5-11(12)9-15(18)22/h1-8,10,15,18,22H,9H2,(H,20,23). The molecule has 2 unspecified atom stereocenters. The van der Waals surface area contributed by atoms with Crippen LogP contribution in [-0.2, 0) is 6.42 Å². The molecule has 2 aromatic carbocycles. The molecule has 0 aliphatic heterocycles. The summed E-state index contributed by atoms with van der Waals surface area (Å²) in [7, 11) is 0. The maximum atomic E-state index is 12.5. The number of hydrogen-bond acceptors (Lipinski definition) is 4. The minimum atomic E-state index is -0.696. The lowest BCUT2D eigenvalue weighted by Crippen LogP contribution is -2.34. The van der Waals surface area contributed by atoms with Gasteiger partial charge in [-0.3, -0.25) is 9.59 Å². The average molecular weight is 321 g/mol. The van der Waals surface area contributed by atoms with Gasteiger partial charge in [-0.05, 0) is 23.3 Å². The maximum Gasteiger partial charge on any atom is 0.287 e. The lowest BCUT2D eigenvalue weighted by Gasteiger charge is -2.17. The molecule has 0 radical (unpaired) electrons. The van der Waals surface area contributed by atoms with Crippen molar-refractivity contribution in [3.05, 3.63) is 81.7 Å². The number of aliphatic hydroxyl groups is 1. The van der Waals surface area contributed by atoms with Crippen molar-refractivity contribution in [2.45, 2.75) is 18.6 Å². The normalized spacial score (nSPS) is 19.2. The van der Waals surface area contributed by atoms with Gasteiger partial charge in [0.1, 0.15) is 5.58 Å². The van der Waals surface area contributed by atoms with Crippen LogP contribution in [0.2, 0.25) is 0 Å². The second-order valence-corrected chi connectivity index (χ2v) is 5.89. The van der Waals surface area contributed by atoms with E-state index >= 15 is 0 Å². The van der Waals surface area contributed by atoms with Gasteiger partial charge in [0.25, 0.3) is 5.91 Å². The number of rotatable bonds is 2. The number of aliphatic hydroxyl groups excluding tert-OH is 1. The van der Waals surface area contributed by atoms with Crippen LogP contribution in [0.1, 0.15) is 27.7 Å². The molecular weight excluding hydrogens is 306 g/mol. The van der Waals surface area contributed by atoms with Gasteiger partial charge in [-0.2, -0.15) is 0 Å². The van der Waals surface area contributed by atoms with Crippen molar-refractivity contribution in [1.82, 2.24) is 5.32 Å². The Morgan fingerprint density at radius 3 is 2.75 bits per heavy atom. The van der Waals surface area contributed by atoms with E-state index in [2.05, 4.69) is 5.32 Å². The molecule has 1 amide bonds.